The number of piperidine rings is 1. The number of rotatable bonds is 5. The Morgan fingerprint density at radius 1 is 1.15 bits per heavy atom. The van der Waals surface area contributed by atoms with E-state index in [4.69, 9.17) is 4.74 Å². The van der Waals surface area contributed by atoms with Crippen LogP contribution in [0.15, 0.2) is 24.3 Å². The first-order valence-corrected chi connectivity index (χ1v) is 9.08. The van der Waals surface area contributed by atoms with E-state index in [1.807, 2.05) is 6.92 Å². The first kappa shape index (κ1) is 18.2. The van der Waals surface area contributed by atoms with Crippen molar-refractivity contribution in [1.29, 1.82) is 0 Å². The largest absolute Gasteiger partial charge is 0.497 e. The molecule has 2 fully saturated rings. The number of methoxy groups -OCH3 is 1. The zero-order valence-electron chi connectivity index (χ0n) is 15.3. The van der Waals surface area contributed by atoms with Gasteiger partial charge in [-0.15, -0.1) is 0 Å². The molecule has 7 nitrogen and oxygen atoms in total. The van der Waals surface area contributed by atoms with Crippen LogP contribution in [0.4, 0.5) is 4.79 Å². The molecule has 0 bridgehead atoms. The standard InChI is InChI=1S/C19H25N3O4/c1-3-19(14-7-9-15(26-2)10-8-14)17(24)22(18(25)20-19)13-16(23)21-11-5-4-6-12-21/h7-10H,3-6,11-13H2,1-2H3,(H,20,25)/t19-/m0/s1. The van der Waals surface area contributed by atoms with E-state index < -0.39 is 11.6 Å². The van der Waals surface area contributed by atoms with Crippen LogP contribution in [0.25, 0.3) is 0 Å². The van der Waals surface area contributed by atoms with E-state index in [2.05, 4.69) is 5.32 Å². The molecule has 1 N–H and O–H groups in total. The quantitative estimate of drug-likeness (QED) is 0.814. The molecule has 2 aliphatic rings. The molecule has 0 radical (unpaired) electrons. The van der Waals surface area contributed by atoms with Crippen LogP contribution in [0, 0.1) is 0 Å². The zero-order valence-corrected chi connectivity index (χ0v) is 15.3. The predicted molar refractivity (Wildman–Crippen MR) is 95.6 cm³/mol. The molecule has 2 aliphatic heterocycles. The molecule has 0 aliphatic carbocycles. The molecule has 0 saturated carbocycles. The fraction of sp³-hybridized carbons (Fsp3) is 0.526. The van der Waals surface area contributed by atoms with Crippen LogP contribution >= 0.6 is 0 Å². The van der Waals surface area contributed by atoms with Gasteiger partial charge in [-0.25, -0.2) is 4.79 Å². The lowest BCUT2D eigenvalue weighted by Crippen LogP contribution is -2.46. The fourth-order valence-corrected chi connectivity index (χ4v) is 3.66. The van der Waals surface area contributed by atoms with Crippen molar-refractivity contribution in [1.82, 2.24) is 15.1 Å². The molecule has 3 rings (SSSR count). The monoisotopic (exact) mass is 359 g/mol. The van der Waals surface area contributed by atoms with E-state index in [0.29, 0.717) is 30.8 Å². The van der Waals surface area contributed by atoms with Gasteiger partial charge in [-0.1, -0.05) is 19.1 Å². The lowest BCUT2D eigenvalue weighted by atomic mass is 9.87. The molecule has 1 atom stereocenters. The number of carbonyl (C=O) groups excluding carboxylic acids is 3. The highest BCUT2D eigenvalue weighted by atomic mass is 16.5. The van der Waals surface area contributed by atoms with Gasteiger partial charge in [0.15, 0.2) is 0 Å². The smallest absolute Gasteiger partial charge is 0.325 e. The van der Waals surface area contributed by atoms with Crippen LogP contribution in [0.2, 0.25) is 0 Å². The molecule has 4 amide bonds. The summed E-state index contributed by atoms with van der Waals surface area (Å²) in [5.41, 5.74) is -0.446. The van der Waals surface area contributed by atoms with Crippen molar-refractivity contribution >= 4 is 17.8 Å². The van der Waals surface area contributed by atoms with E-state index in [1.165, 1.54) is 0 Å². The van der Waals surface area contributed by atoms with Gasteiger partial charge >= 0.3 is 6.03 Å². The normalized spacial score (nSPS) is 23.2. The van der Waals surface area contributed by atoms with E-state index >= 15 is 0 Å². The van der Waals surface area contributed by atoms with E-state index in [1.54, 1.807) is 36.3 Å². The minimum absolute atomic E-state index is 0.171. The number of carbonyl (C=O) groups is 3. The Hall–Kier alpha value is -2.57. The first-order chi connectivity index (χ1) is 12.5. The first-order valence-electron chi connectivity index (χ1n) is 9.08. The number of nitrogens with zero attached hydrogens (tertiary/aromatic N) is 2. The van der Waals surface area contributed by atoms with Crippen molar-refractivity contribution in [2.24, 2.45) is 0 Å². The average Bonchev–Trinajstić information content (AvgIpc) is 2.93. The highest BCUT2D eigenvalue weighted by Crippen LogP contribution is 2.33. The van der Waals surface area contributed by atoms with Gasteiger partial charge in [0.2, 0.25) is 5.91 Å². The molecule has 0 spiro atoms. The molecule has 140 valence electrons. The Bertz CT molecular complexity index is 697. The van der Waals surface area contributed by atoms with Crippen molar-refractivity contribution in [3.8, 4) is 5.75 Å². The summed E-state index contributed by atoms with van der Waals surface area (Å²) in [6, 6.07) is 6.55. The minimum Gasteiger partial charge on any atom is -0.497 e. The third-order valence-corrected chi connectivity index (χ3v) is 5.29. The number of urea groups is 1. The van der Waals surface area contributed by atoms with Gasteiger partial charge in [0, 0.05) is 13.1 Å². The van der Waals surface area contributed by atoms with Crippen molar-refractivity contribution in [3.05, 3.63) is 29.8 Å². The van der Waals surface area contributed by atoms with Crippen molar-refractivity contribution < 1.29 is 19.1 Å². The lowest BCUT2D eigenvalue weighted by molar-refractivity contribution is -0.139. The number of benzene rings is 1. The highest BCUT2D eigenvalue weighted by Gasteiger charge is 2.51. The third-order valence-electron chi connectivity index (χ3n) is 5.29. The van der Waals surface area contributed by atoms with Crippen molar-refractivity contribution in [3.63, 3.8) is 0 Å². The summed E-state index contributed by atoms with van der Waals surface area (Å²) in [6.45, 7) is 3.03. The SMILES string of the molecule is CC[C@@]1(c2ccc(OC)cc2)NC(=O)N(CC(=O)N2CCCCC2)C1=O. The van der Waals surface area contributed by atoms with Crippen LogP contribution in [0.5, 0.6) is 5.75 Å². The van der Waals surface area contributed by atoms with Gasteiger partial charge in [-0.05, 0) is 43.4 Å². The summed E-state index contributed by atoms with van der Waals surface area (Å²) >= 11 is 0. The Labute approximate surface area is 153 Å². The third kappa shape index (κ3) is 3.13. The second kappa shape index (κ2) is 7.35. The molecular weight excluding hydrogens is 334 g/mol. The van der Waals surface area contributed by atoms with Gasteiger partial charge in [-0.2, -0.15) is 0 Å². The van der Waals surface area contributed by atoms with Crippen LogP contribution in [-0.2, 0) is 15.1 Å². The van der Waals surface area contributed by atoms with Crippen LogP contribution in [-0.4, -0.2) is 54.4 Å². The topological polar surface area (TPSA) is 79.0 Å². The number of ether oxygens (including phenoxy) is 1. The average molecular weight is 359 g/mol. The highest BCUT2D eigenvalue weighted by molar-refractivity contribution is 6.09. The predicted octanol–water partition coefficient (Wildman–Crippen LogP) is 1.86. The fourth-order valence-electron chi connectivity index (χ4n) is 3.66. The summed E-state index contributed by atoms with van der Waals surface area (Å²) < 4.78 is 5.15. The van der Waals surface area contributed by atoms with E-state index in [-0.39, 0.29) is 18.4 Å². The van der Waals surface area contributed by atoms with Gasteiger partial charge in [0.1, 0.15) is 17.8 Å². The summed E-state index contributed by atoms with van der Waals surface area (Å²) in [4.78, 5) is 40.8. The maximum absolute atomic E-state index is 13.1. The number of likely N-dealkylation sites (tertiary alicyclic amines) is 1. The Morgan fingerprint density at radius 3 is 2.38 bits per heavy atom. The second-order valence-corrected chi connectivity index (χ2v) is 6.75. The van der Waals surface area contributed by atoms with Crippen molar-refractivity contribution in [2.75, 3.05) is 26.7 Å². The number of nitrogens with one attached hydrogen (secondary N) is 1. The maximum atomic E-state index is 13.1. The molecule has 0 aromatic heterocycles. The lowest BCUT2D eigenvalue weighted by Gasteiger charge is -2.29. The minimum atomic E-state index is -1.13. The molecule has 26 heavy (non-hydrogen) atoms. The van der Waals surface area contributed by atoms with Gasteiger partial charge in [0.25, 0.3) is 5.91 Å². The number of hydrogen-bond acceptors (Lipinski definition) is 4. The number of imide groups is 1. The molecule has 7 heteroatoms. The van der Waals surface area contributed by atoms with E-state index in [0.717, 1.165) is 24.2 Å². The second-order valence-electron chi connectivity index (χ2n) is 6.75. The molecule has 0 unspecified atom stereocenters. The number of hydrogen-bond donors (Lipinski definition) is 1. The maximum Gasteiger partial charge on any atom is 0.325 e. The molecule has 1 aromatic rings. The molecular formula is C19H25N3O4. The molecule has 1 aromatic carbocycles. The van der Waals surface area contributed by atoms with Crippen LogP contribution < -0.4 is 10.1 Å². The van der Waals surface area contributed by atoms with Gasteiger partial charge < -0.3 is 15.0 Å². The van der Waals surface area contributed by atoms with Crippen LogP contribution in [0.3, 0.4) is 0 Å². The van der Waals surface area contributed by atoms with Crippen molar-refractivity contribution in [2.45, 2.75) is 38.1 Å². The summed E-state index contributed by atoms with van der Waals surface area (Å²) in [6.07, 6.45) is 3.45. The molecule has 2 saturated heterocycles. The van der Waals surface area contributed by atoms with Gasteiger partial charge in [0.05, 0.1) is 7.11 Å². The summed E-state index contributed by atoms with van der Waals surface area (Å²) in [7, 11) is 1.57. The molecule has 2 heterocycles. The number of amides is 4. The Kier molecular flexibility index (Phi) is 5.15. The van der Waals surface area contributed by atoms with E-state index in [9.17, 15) is 14.4 Å². The Balaban J connectivity index is 1.80. The Morgan fingerprint density at radius 2 is 1.81 bits per heavy atom. The van der Waals surface area contributed by atoms with Crippen LogP contribution in [0.1, 0.15) is 38.2 Å². The van der Waals surface area contributed by atoms with Gasteiger partial charge in [-0.3, -0.25) is 14.5 Å². The summed E-state index contributed by atoms with van der Waals surface area (Å²) in [5.74, 6) is 0.129. The zero-order chi connectivity index (χ0) is 18.7. The summed E-state index contributed by atoms with van der Waals surface area (Å²) in [5, 5.41) is 2.80.